The van der Waals surface area contributed by atoms with Crippen LogP contribution in [0.3, 0.4) is 0 Å². The standard InChI is InChI=1S/C26H32O10/c1-12-6-8-25-20-14-4-5-16(33-3)21(20)36-22(25)17(7-9-26(25,32)15(12)10-14)34-19(28)11-18(23(29)30)35-24(31)13(2)27/h4-5,7,12-13,15,18,22,24,27,31-32H,6,8-11H2,1-3H3,(H,29,30)/t12?,13-,15-,18-,22-,24?,25?,26+/m0/s1. The molecule has 3 aliphatic carbocycles. The topological polar surface area (TPSA) is 152 Å². The van der Waals surface area contributed by atoms with Crippen molar-refractivity contribution in [3.8, 4) is 11.5 Å². The fourth-order valence-corrected chi connectivity index (χ4v) is 6.76. The third kappa shape index (κ3) is 3.46. The first-order valence-electron chi connectivity index (χ1n) is 12.3. The lowest BCUT2D eigenvalue weighted by Crippen LogP contribution is -2.69. The number of hydrogen-bond donors (Lipinski definition) is 4. The van der Waals surface area contributed by atoms with Crippen molar-refractivity contribution in [3.63, 3.8) is 0 Å². The predicted molar refractivity (Wildman–Crippen MR) is 123 cm³/mol. The molecule has 10 nitrogen and oxygen atoms in total. The van der Waals surface area contributed by atoms with Crippen LogP contribution in [-0.4, -0.2) is 69.7 Å². The Labute approximate surface area is 208 Å². The van der Waals surface area contributed by atoms with Crippen molar-refractivity contribution in [2.75, 3.05) is 7.11 Å². The van der Waals surface area contributed by atoms with Gasteiger partial charge in [0.2, 0.25) is 0 Å². The lowest BCUT2D eigenvalue weighted by molar-refractivity contribution is -0.201. The molecule has 10 heteroatoms. The number of benzene rings is 1. The highest BCUT2D eigenvalue weighted by Crippen LogP contribution is 2.68. The van der Waals surface area contributed by atoms with Gasteiger partial charge in [-0.15, -0.1) is 0 Å². The summed E-state index contributed by atoms with van der Waals surface area (Å²) in [4.78, 5) is 24.4. The third-order valence-electron chi connectivity index (χ3n) is 8.51. The highest BCUT2D eigenvalue weighted by atomic mass is 16.6. The highest BCUT2D eigenvalue weighted by molar-refractivity contribution is 5.81. The molecule has 1 aromatic rings. The summed E-state index contributed by atoms with van der Waals surface area (Å²) < 4.78 is 22.6. The molecule has 36 heavy (non-hydrogen) atoms. The van der Waals surface area contributed by atoms with E-state index in [1.54, 1.807) is 13.2 Å². The molecule has 1 heterocycles. The maximum Gasteiger partial charge on any atom is 0.333 e. The molecule has 1 aromatic carbocycles. The van der Waals surface area contributed by atoms with Gasteiger partial charge in [-0.2, -0.15) is 0 Å². The van der Waals surface area contributed by atoms with Crippen LogP contribution in [0.4, 0.5) is 0 Å². The molecule has 0 radical (unpaired) electrons. The molecule has 1 aliphatic heterocycles. The van der Waals surface area contributed by atoms with Crippen LogP contribution in [0.25, 0.3) is 0 Å². The zero-order valence-electron chi connectivity index (χ0n) is 20.5. The Kier molecular flexibility index (Phi) is 6.06. The number of esters is 1. The maximum absolute atomic E-state index is 12.8. The smallest absolute Gasteiger partial charge is 0.333 e. The van der Waals surface area contributed by atoms with Crippen LogP contribution < -0.4 is 9.47 Å². The number of carboxylic acids is 1. The molecule has 1 fully saturated rings. The van der Waals surface area contributed by atoms with Crippen molar-refractivity contribution in [1.29, 1.82) is 0 Å². The molecule has 0 amide bonds. The molecule has 1 saturated carbocycles. The molecule has 4 aliphatic rings. The second-order valence-electron chi connectivity index (χ2n) is 10.4. The number of aliphatic hydroxyl groups excluding tert-OH is 2. The zero-order valence-corrected chi connectivity index (χ0v) is 20.5. The molecule has 1 spiro atoms. The lowest BCUT2D eigenvalue weighted by Gasteiger charge is -2.61. The molecule has 0 aromatic heterocycles. The van der Waals surface area contributed by atoms with E-state index in [-0.39, 0.29) is 18.1 Å². The van der Waals surface area contributed by atoms with Gasteiger partial charge in [0.05, 0.1) is 24.5 Å². The van der Waals surface area contributed by atoms with Crippen LogP contribution in [0.1, 0.15) is 50.7 Å². The van der Waals surface area contributed by atoms with Crippen molar-refractivity contribution in [1.82, 2.24) is 0 Å². The van der Waals surface area contributed by atoms with Crippen LogP contribution in [0.15, 0.2) is 24.0 Å². The van der Waals surface area contributed by atoms with Crippen molar-refractivity contribution in [2.45, 2.75) is 81.6 Å². The van der Waals surface area contributed by atoms with Gasteiger partial charge in [0.25, 0.3) is 0 Å². The number of ether oxygens (including phenoxy) is 4. The lowest BCUT2D eigenvalue weighted by atomic mass is 9.45. The molecule has 3 unspecified atom stereocenters. The number of methoxy groups -OCH3 is 1. The summed E-state index contributed by atoms with van der Waals surface area (Å²) >= 11 is 0. The monoisotopic (exact) mass is 504 g/mol. The number of aliphatic carboxylic acids is 1. The second kappa shape index (κ2) is 8.72. The minimum Gasteiger partial charge on any atom is -0.493 e. The summed E-state index contributed by atoms with van der Waals surface area (Å²) in [6.07, 6.45) is -2.16. The molecular weight excluding hydrogens is 472 g/mol. The fraction of sp³-hybridized carbons (Fsp3) is 0.615. The van der Waals surface area contributed by atoms with Gasteiger partial charge in [0.15, 0.2) is 30.0 Å². The van der Waals surface area contributed by atoms with Crippen molar-refractivity contribution in [2.24, 2.45) is 11.8 Å². The van der Waals surface area contributed by atoms with Gasteiger partial charge in [-0.25, -0.2) is 4.79 Å². The van der Waals surface area contributed by atoms with Gasteiger partial charge in [-0.05, 0) is 62.1 Å². The van der Waals surface area contributed by atoms with Crippen molar-refractivity contribution >= 4 is 11.9 Å². The number of rotatable bonds is 8. The van der Waals surface area contributed by atoms with Crippen molar-refractivity contribution in [3.05, 3.63) is 35.1 Å². The summed E-state index contributed by atoms with van der Waals surface area (Å²) in [5, 5.41) is 40.7. The van der Waals surface area contributed by atoms with E-state index in [0.717, 1.165) is 17.5 Å². The molecule has 196 valence electrons. The van der Waals surface area contributed by atoms with Gasteiger partial charge < -0.3 is 39.4 Å². The van der Waals surface area contributed by atoms with E-state index in [2.05, 4.69) is 6.92 Å². The fourth-order valence-electron chi connectivity index (χ4n) is 6.76. The normalized spacial score (nSPS) is 33.9. The quantitative estimate of drug-likeness (QED) is 0.302. The molecule has 8 atom stereocenters. The first kappa shape index (κ1) is 25.0. The summed E-state index contributed by atoms with van der Waals surface area (Å²) in [6, 6.07) is 3.87. The largest absolute Gasteiger partial charge is 0.493 e. The number of hydrogen-bond acceptors (Lipinski definition) is 9. The van der Waals surface area contributed by atoms with E-state index in [0.29, 0.717) is 30.3 Å². The first-order chi connectivity index (χ1) is 17.0. The average molecular weight is 505 g/mol. The molecule has 0 saturated heterocycles. The summed E-state index contributed by atoms with van der Waals surface area (Å²) in [7, 11) is 1.55. The first-order valence-corrected chi connectivity index (χ1v) is 12.3. The van der Waals surface area contributed by atoms with Crippen LogP contribution in [-0.2, 0) is 30.9 Å². The Bertz CT molecular complexity index is 1110. The SMILES string of the molecule is COc1ccc2c3c1O[C@H]1C(OC(=O)C[C@H](OC(O)[C@H](C)O)C(=O)O)=CC[C@@]4(O)[C@@H](C2)C(C)CCC314. The molecule has 5 rings (SSSR count). The van der Waals surface area contributed by atoms with E-state index in [1.807, 2.05) is 12.1 Å². The van der Waals surface area contributed by atoms with Gasteiger partial charge in [-0.1, -0.05) is 13.0 Å². The second-order valence-corrected chi connectivity index (χ2v) is 10.4. The zero-order chi connectivity index (χ0) is 26.0. The Morgan fingerprint density at radius 2 is 2.03 bits per heavy atom. The number of carbonyl (C=O) groups excluding carboxylic acids is 1. The van der Waals surface area contributed by atoms with Crippen LogP contribution in [0, 0.1) is 11.8 Å². The predicted octanol–water partition coefficient (Wildman–Crippen LogP) is 1.42. The maximum atomic E-state index is 12.8. The van der Waals surface area contributed by atoms with Crippen LogP contribution in [0.2, 0.25) is 0 Å². The van der Waals surface area contributed by atoms with E-state index in [4.69, 9.17) is 18.9 Å². The number of carboxylic acid groups (broad SMARTS) is 1. The van der Waals surface area contributed by atoms with E-state index in [9.17, 15) is 30.0 Å². The third-order valence-corrected chi connectivity index (χ3v) is 8.51. The Morgan fingerprint density at radius 1 is 1.28 bits per heavy atom. The minimum absolute atomic E-state index is 0.00412. The summed E-state index contributed by atoms with van der Waals surface area (Å²) in [5.41, 5.74) is 0.0840. The molecular formula is C26H32O10. The van der Waals surface area contributed by atoms with Gasteiger partial charge in [0, 0.05) is 5.56 Å². The van der Waals surface area contributed by atoms with Crippen LogP contribution in [0.5, 0.6) is 11.5 Å². The number of carbonyl (C=O) groups is 2. The summed E-state index contributed by atoms with van der Waals surface area (Å²) in [5.74, 6) is -0.777. The highest BCUT2D eigenvalue weighted by Gasteiger charge is 2.72. The Balaban J connectivity index is 1.47. The van der Waals surface area contributed by atoms with E-state index >= 15 is 0 Å². The molecule has 2 bridgehead atoms. The minimum atomic E-state index is -1.77. The van der Waals surface area contributed by atoms with Crippen LogP contribution >= 0.6 is 0 Å². The average Bonchev–Trinajstić information content (AvgIpc) is 3.18. The van der Waals surface area contributed by atoms with Crippen molar-refractivity contribution < 1.29 is 49.0 Å². The van der Waals surface area contributed by atoms with E-state index in [1.165, 1.54) is 6.92 Å². The van der Waals surface area contributed by atoms with Gasteiger partial charge in [-0.3, -0.25) is 4.79 Å². The summed E-state index contributed by atoms with van der Waals surface area (Å²) in [6.45, 7) is 3.39. The molecule has 4 N–H and O–H groups in total. The van der Waals surface area contributed by atoms with Gasteiger partial charge >= 0.3 is 11.9 Å². The van der Waals surface area contributed by atoms with E-state index < -0.39 is 54.0 Å². The van der Waals surface area contributed by atoms with Gasteiger partial charge in [0.1, 0.15) is 11.9 Å². The Morgan fingerprint density at radius 3 is 2.69 bits per heavy atom. The number of aliphatic hydroxyl groups is 3. The Hall–Kier alpha value is -2.66.